The summed E-state index contributed by atoms with van der Waals surface area (Å²) in [6.07, 6.45) is 0. The smallest absolute Gasteiger partial charge is 0.248 e. The standard InChI is InChI=1S/C18H19ClFN3O2/c1-11(23(2)10-14-15(19)4-3-5-16(14)20)18(25)22-13-8-6-12(7-9-13)17(21)24/h3-9,11H,10H2,1-2H3,(H2,21,24)(H,22,25). The lowest BCUT2D eigenvalue weighted by molar-refractivity contribution is -0.120. The molecule has 0 aromatic heterocycles. The lowest BCUT2D eigenvalue weighted by Gasteiger charge is -2.24. The molecule has 2 rings (SSSR count). The molecule has 3 N–H and O–H groups in total. The Kier molecular flexibility index (Phi) is 6.12. The zero-order valence-corrected chi connectivity index (χ0v) is 14.7. The van der Waals surface area contributed by atoms with E-state index in [0.717, 1.165) is 0 Å². The summed E-state index contributed by atoms with van der Waals surface area (Å²) in [6.45, 7) is 1.91. The molecule has 25 heavy (non-hydrogen) atoms. The van der Waals surface area contributed by atoms with E-state index in [1.807, 2.05) is 0 Å². The van der Waals surface area contributed by atoms with Crippen LogP contribution in [0.15, 0.2) is 42.5 Å². The van der Waals surface area contributed by atoms with E-state index >= 15 is 0 Å². The average molecular weight is 364 g/mol. The second-order valence-corrected chi connectivity index (χ2v) is 6.13. The highest BCUT2D eigenvalue weighted by Crippen LogP contribution is 2.21. The molecule has 0 aliphatic carbocycles. The van der Waals surface area contributed by atoms with Crippen molar-refractivity contribution in [2.24, 2.45) is 5.73 Å². The Hall–Kier alpha value is -2.44. The van der Waals surface area contributed by atoms with Gasteiger partial charge in [-0.3, -0.25) is 14.5 Å². The van der Waals surface area contributed by atoms with Crippen molar-refractivity contribution in [1.29, 1.82) is 0 Å². The number of halogens is 2. The fraction of sp³-hybridized carbons (Fsp3) is 0.222. The molecule has 1 unspecified atom stereocenters. The van der Waals surface area contributed by atoms with Gasteiger partial charge in [0.05, 0.1) is 6.04 Å². The third-order valence-electron chi connectivity index (χ3n) is 3.95. The van der Waals surface area contributed by atoms with E-state index in [1.165, 1.54) is 24.3 Å². The lowest BCUT2D eigenvalue weighted by atomic mass is 10.1. The third-order valence-corrected chi connectivity index (χ3v) is 4.30. The average Bonchev–Trinajstić information content (AvgIpc) is 2.57. The highest BCUT2D eigenvalue weighted by atomic mass is 35.5. The Bertz CT molecular complexity index is 760. The molecule has 2 amide bonds. The maximum Gasteiger partial charge on any atom is 0.248 e. The van der Waals surface area contributed by atoms with Gasteiger partial charge in [0, 0.05) is 28.4 Å². The van der Waals surface area contributed by atoms with Gasteiger partial charge < -0.3 is 11.1 Å². The van der Waals surface area contributed by atoms with Crippen LogP contribution in [0.4, 0.5) is 10.1 Å². The molecule has 7 heteroatoms. The van der Waals surface area contributed by atoms with Crippen molar-refractivity contribution in [2.75, 3.05) is 12.4 Å². The van der Waals surface area contributed by atoms with Crippen LogP contribution < -0.4 is 11.1 Å². The van der Waals surface area contributed by atoms with E-state index < -0.39 is 17.8 Å². The van der Waals surface area contributed by atoms with Crippen molar-refractivity contribution >= 4 is 29.1 Å². The van der Waals surface area contributed by atoms with Crippen LogP contribution in [-0.4, -0.2) is 29.8 Å². The first-order chi connectivity index (χ1) is 11.8. The second-order valence-electron chi connectivity index (χ2n) is 5.72. The van der Waals surface area contributed by atoms with Gasteiger partial charge in [-0.2, -0.15) is 0 Å². The Balaban J connectivity index is 2.02. The van der Waals surface area contributed by atoms with Crippen LogP contribution in [0.5, 0.6) is 0 Å². The van der Waals surface area contributed by atoms with Crippen LogP contribution in [0.3, 0.4) is 0 Å². The van der Waals surface area contributed by atoms with Gasteiger partial charge in [-0.05, 0) is 50.4 Å². The van der Waals surface area contributed by atoms with Gasteiger partial charge >= 0.3 is 0 Å². The number of likely N-dealkylation sites (N-methyl/N-ethyl adjacent to an activating group) is 1. The predicted octanol–water partition coefficient (Wildman–Crippen LogP) is 3.04. The highest BCUT2D eigenvalue weighted by Gasteiger charge is 2.20. The van der Waals surface area contributed by atoms with Crippen molar-refractivity contribution in [2.45, 2.75) is 19.5 Å². The summed E-state index contributed by atoms with van der Waals surface area (Å²) in [5.74, 6) is -1.21. The molecule has 1 atom stereocenters. The van der Waals surface area contributed by atoms with Crippen molar-refractivity contribution in [3.8, 4) is 0 Å². The summed E-state index contributed by atoms with van der Waals surface area (Å²) in [5.41, 5.74) is 6.42. The molecule has 0 radical (unpaired) electrons. The summed E-state index contributed by atoms with van der Waals surface area (Å²) in [4.78, 5) is 25.1. The quantitative estimate of drug-likeness (QED) is 0.828. The predicted molar refractivity (Wildman–Crippen MR) is 95.9 cm³/mol. The number of hydrogen-bond acceptors (Lipinski definition) is 3. The number of hydrogen-bond donors (Lipinski definition) is 2. The lowest BCUT2D eigenvalue weighted by Crippen LogP contribution is -2.39. The summed E-state index contributed by atoms with van der Waals surface area (Å²) in [6, 6.07) is 10.2. The minimum Gasteiger partial charge on any atom is -0.366 e. The van der Waals surface area contributed by atoms with E-state index in [0.29, 0.717) is 21.8 Å². The molecule has 0 heterocycles. The van der Waals surface area contributed by atoms with E-state index in [4.69, 9.17) is 17.3 Å². The molecule has 0 aliphatic rings. The number of carbonyl (C=O) groups is 2. The molecule has 0 saturated carbocycles. The normalized spacial score (nSPS) is 12.0. The molecule has 2 aromatic rings. The Labute approximate surface area is 150 Å². The summed E-state index contributed by atoms with van der Waals surface area (Å²) < 4.78 is 13.9. The Morgan fingerprint density at radius 1 is 1.24 bits per heavy atom. The van der Waals surface area contributed by atoms with Gasteiger partial charge in [0.2, 0.25) is 11.8 Å². The Morgan fingerprint density at radius 3 is 2.44 bits per heavy atom. The number of rotatable bonds is 6. The van der Waals surface area contributed by atoms with Crippen LogP contribution in [0.25, 0.3) is 0 Å². The maximum atomic E-state index is 13.9. The van der Waals surface area contributed by atoms with Gasteiger partial charge in [-0.25, -0.2) is 4.39 Å². The number of nitrogens with one attached hydrogen (secondary N) is 1. The first kappa shape index (κ1) is 18.9. The largest absolute Gasteiger partial charge is 0.366 e. The van der Waals surface area contributed by atoms with Gasteiger partial charge in [0.15, 0.2) is 0 Å². The van der Waals surface area contributed by atoms with Gasteiger partial charge in [-0.15, -0.1) is 0 Å². The zero-order valence-electron chi connectivity index (χ0n) is 13.9. The molecular formula is C18H19ClFN3O2. The molecule has 0 spiro atoms. The van der Waals surface area contributed by atoms with Crippen LogP contribution >= 0.6 is 11.6 Å². The zero-order chi connectivity index (χ0) is 18.6. The van der Waals surface area contributed by atoms with Crippen LogP contribution in [-0.2, 0) is 11.3 Å². The number of carbonyl (C=O) groups excluding carboxylic acids is 2. The number of amides is 2. The first-order valence-electron chi connectivity index (χ1n) is 7.63. The minimum atomic E-state index is -0.534. The molecule has 2 aromatic carbocycles. The van der Waals surface area contributed by atoms with Crippen LogP contribution in [0.2, 0.25) is 5.02 Å². The summed E-state index contributed by atoms with van der Waals surface area (Å²) in [5, 5.41) is 3.07. The molecule has 5 nitrogen and oxygen atoms in total. The molecule has 0 fully saturated rings. The van der Waals surface area contributed by atoms with Gasteiger partial charge in [-0.1, -0.05) is 17.7 Å². The fourth-order valence-electron chi connectivity index (χ4n) is 2.23. The highest BCUT2D eigenvalue weighted by molar-refractivity contribution is 6.31. The number of benzene rings is 2. The topological polar surface area (TPSA) is 75.4 Å². The van der Waals surface area contributed by atoms with Crippen molar-refractivity contribution in [3.63, 3.8) is 0 Å². The summed E-state index contributed by atoms with van der Waals surface area (Å²) in [7, 11) is 1.71. The van der Waals surface area contributed by atoms with E-state index in [-0.39, 0.29) is 12.5 Å². The maximum absolute atomic E-state index is 13.9. The van der Waals surface area contributed by atoms with Crippen molar-refractivity contribution < 1.29 is 14.0 Å². The Morgan fingerprint density at radius 2 is 1.88 bits per heavy atom. The van der Waals surface area contributed by atoms with Crippen LogP contribution in [0, 0.1) is 5.82 Å². The van der Waals surface area contributed by atoms with E-state index in [1.54, 1.807) is 37.1 Å². The number of anilines is 1. The first-order valence-corrected chi connectivity index (χ1v) is 8.01. The van der Waals surface area contributed by atoms with E-state index in [9.17, 15) is 14.0 Å². The van der Waals surface area contributed by atoms with E-state index in [2.05, 4.69) is 5.32 Å². The third kappa shape index (κ3) is 4.78. The molecule has 132 valence electrons. The SMILES string of the molecule is CC(C(=O)Nc1ccc(C(N)=O)cc1)N(C)Cc1c(F)cccc1Cl. The second kappa shape index (κ2) is 8.09. The van der Waals surface area contributed by atoms with Crippen molar-refractivity contribution in [1.82, 2.24) is 4.90 Å². The fourth-order valence-corrected chi connectivity index (χ4v) is 2.46. The van der Waals surface area contributed by atoms with Gasteiger partial charge in [0.1, 0.15) is 5.82 Å². The van der Waals surface area contributed by atoms with Crippen molar-refractivity contribution in [3.05, 3.63) is 64.4 Å². The molecular weight excluding hydrogens is 345 g/mol. The summed E-state index contributed by atoms with van der Waals surface area (Å²) >= 11 is 6.02. The van der Waals surface area contributed by atoms with Crippen LogP contribution in [0.1, 0.15) is 22.8 Å². The minimum absolute atomic E-state index is 0.195. The number of nitrogens with two attached hydrogens (primary N) is 1. The van der Waals surface area contributed by atoms with Gasteiger partial charge in [0.25, 0.3) is 0 Å². The molecule has 0 bridgehead atoms. The monoisotopic (exact) mass is 363 g/mol. The molecule has 0 saturated heterocycles. The number of nitrogens with zero attached hydrogens (tertiary/aromatic N) is 1. The number of primary amides is 1. The molecule has 0 aliphatic heterocycles.